The fourth-order valence-corrected chi connectivity index (χ4v) is 7.23. The molecule has 0 amide bonds. The summed E-state index contributed by atoms with van der Waals surface area (Å²) in [6, 6.07) is 35.0. The maximum absolute atomic E-state index is 14.8. The Hall–Kier alpha value is -4.23. The van der Waals surface area contributed by atoms with E-state index in [1.807, 2.05) is 0 Å². The Kier molecular flexibility index (Phi) is 4.18. The minimum absolute atomic E-state index is 0.239. The molecule has 0 spiro atoms. The van der Waals surface area contributed by atoms with E-state index in [1.165, 1.54) is 71.3 Å². The van der Waals surface area contributed by atoms with Crippen molar-refractivity contribution in [1.82, 2.24) is 0 Å². The first kappa shape index (κ1) is 20.9. The largest absolute Gasteiger partial charge is 0.298 e. The first-order valence-corrected chi connectivity index (χ1v) is 13.2. The molecule has 0 bridgehead atoms. The molecule has 2 aliphatic carbocycles. The van der Waals surface area contributed by atoms with Gasteiger partial charge >= 0.3 is 0 Å². The van der Waals surface area contributed by atoms with E-state index in [1.54, 1.807) is 0 Å². The predicted octanol–water partition coefficient (Wildman–Crippen LogP) is 8.51. The Morgan fingerprint density at radius 1 is 0.595 bits per heavy atom. The third kappa shape index (κ3) is 2.83. The number of hydrogen-bond donors (Lipinski definition) is 0. The normalized spacial score (nSPS) is 17.9. The van der Waals surface area contributed by atoms with Crippen LogP contribution in [0.4, 0.5) is 0 Å². The summed E-state index contributed by atoms with van der Waals surface area (Å²) in [4.78, 5) is 14.8. The van der Waals surface area contributed by atoms with E-state index < -0.39 is 0 Å². The van der Waals surface area contributed by atoms with Crippen LogP contribution in [0, 0.1) is 13.8 Å². The van der Waals surface area contributed by atoms with Gasteiger partial charge in [0.25, 0.3) is 0 Å². The Morgan fingerprint density at radius 3 is 2.08 bits per heavy atom. The zero-order chi connectivity index (χ0) is 24.8. The van der Waals surface area contributed by atoms with Crippen molar-refractivity contribution in [3.8, 4) is 0 Å². The molecule has 0 saturated heterocycles. The Labute approximate surface area is 216 Å². The van der Waals surface area contributed by atoms with Gasteiger partial charge in [-0.25, -0.2) is 0 Å². The molecule has 37 heavy (non-hydrogen) atoms. The second kappa shape index (κ2) is 7.40. The number of aryl methyl sites for hydroxylation is 2. The number of fused-ring (bicyclic) bond motifs is 4. The highest BCUT2D eigenvalue weighted by molar-refractivity contribution is 6.11. The van der Waals surface area contributed by atoms with Gasteiger partial charge < -0.3 is 0 Å². The monoisotopic (exact) mass is 474 g/mol. The summed E-state index contributed by atoms with van der Waals surface area (Å²) in [6.07, 6.45) is 0.877. The maximum atomic E-state index is 14.8. The molecule has 6 aromatic carbocycles. The van der Waals surface area contributed by atoms with Crippen molar-refractivity contribution >= 4 is 38.1 Å². The summed E-state index contributed by atoms with van der Waals surface area (Å²) < 4.78 is 0. The molecule has 0 heterocycles. The van der Waals surface area contributed by atoms with Gasteiger partial charge in [0.05, 0.1) is 11.8 Å². The van der Waals surface area contributed by atoms with Crippen molar-refractivity contribution < 1.29 is 4.79 Å². The molecule has 1 nitrogen and oxygen atoms in total. The van der Waals surface area contributed by atoms with Crippen LogP contribution in [0.3, 0.4) is 0 Å². The van der Waals surface area contributed by atoms with Gasteiger partial charge in [-0.1, -0.05) is 91.0 Å². The molecule has 6 aromatic rings. The second-order valence-electron chi connectivity index (χ2n) is 10.9. The van der Waals surface area contributed by atoms with Crippen LogP contribution in [0.25, 0.3) is 32.3 Å². The first-order valence-electron chi connectivity index (χ1n) is 13.2. The minimum Gasteiger partial charge on any atom is -0.298 e. The highest BCUT2D eigenvalue weighted by Gasteiger charge is 2.43. The highest BCUT2D eigenvalue weighted by Crippen LogP contribution is 2.52. The highest BCUT2D eigenvalue weighted by atomic mass is 16.1. The number of hydrogen-bond acceptors (Lipinski definition) is 1. The Balaban J connectivity index is 1.48. The predicted molar refractivity (Wildman–Crippen MR) is 153 cm³/mol. The van der Waals surface area contributed by atoms with Crippen LogP contribution in [0.1, 0.15) is 56.3 Å². The van der Waals surface area contributed by atoms with Gasteiger partial charge in [0, 0.05) is 0 Å². The standard InChI is InChI=1S/C36H26O/c1-20-15-21(2)31-33(27-12-11-22-7-3-4-8-23(22)16-27)36(37)35-30-19-25-10-6-5-9-24(25)17-28(30)18-26-13-14-29(20)34(31)32(26)35/h3-17,19,33,35H,18H2,1-2H3. The average molecular weight is 475 g/mol. The first-order chi connectivity index (χ1) is 18.1. The summed E-state index contributed by atoms with van der Waals surface area (Å²) in [5.41, 5.74) is 9.84. The lowest BCUT2D eigenvalue weighted by atomic mass is 9.63. The van der Waals surface area contributed by atoms with Crippen molar-refractivity contribution in [2.75, 3.05) is 0 Å². The number of ketones is 1. The van der Waals surface area contributed by atoms with E-state index >= 15 is 0 Å². The second-order valence-corrected chi connectivity index (χ2v) is 10.9. The number of Topliss-reactive ketones (excluding diaryl/α,β-unsaturated/α-hetero) is 1. The minimum atomic E-state index is -0.280. The van der Waals surface area contributed by atoms with Gasteiger partial charge in [-0.05, 0) is 103 Å². The van der Waals surface area contributed by atoms with Crippen molar-refractivity contribution in [2.45, 2.75) is 32.1 Å². The number of carbonyl (C=O) groups excluding carboxylic acids is 1. The molecule has 0 fully saturated rings. The summed E-state index contributed by atoms with van der Waals surface area (Å²) in [7, 11) is 0. The number of benzene rings is 6. The van der Waals surface area contributed by atoms with Crippen molar-refractivity contribution in [3.63, 3.8) is 0 Å². The van der Waals surface area contributed by atoms with Gasteiger partial charge in [0.2, 0.25) is 0 Å². The molecule has 8 rings (SSSR count). The Bertz CT molecular complexity index is 1940. The van der Waals surface area contributed by atoms with Crippen LogP contribution in [0.5, 0.6) is 0 Å². The van der Waals surface area contributed by atoms with Gasteiger partial charge in [-0.3, -0.25) is 4.79 Å². The van der Waals surface area contributed by atoms with Crippen molar-refractivity contribution in [3.05, 3.63) is 142 Å². The molecular formula is C36H26O. The van der Waals surface area contributed by atoms with E-state index in [-0.39, 0.29) is 11.8 Å². The summed E-state index contributed by atoms with van der Waals surface area (Å²) in [5.74, 6) is -0.213. The molecule has 0 N–H and O–H groups in total. The van der Waals surface area contributed by atoms with Gasteiger partial charge in [-0.15, -0.1) is 0 Å². The van der Waals surface area contributed by atoms with Crippen LogP contribution in [-0.2, 0) is 11.2 Å². The van der Waals surface area contributed by atoms with Crippen LogP contribution < -0.4 is 0 Å². The molecular weight excluding hydrogens is 448 g/mol. The molecule has 2 unspecified atom stereocenters. The smallest absolute Gasteiger partial charge is 0.156 e. The molecule has 0 saturated carbocycles. The topological polar surface area (TPSA) is 17.1 Å². The van der Waals surface area contributed by atoms with E-state index in [9.17, 15) is 4.79 Å². The summed E-state index contributed by atoms with van der Waals surface area (Å²) >= 11 is 0. The van der Waals surface area contributed by atoms with E-state index in [0.717, 1.165) is 12.0 Å². The van der Waals surface area contributed by atoms with Gasteiger partial charge in [0.15, 0.2) is 5.78 Å². The van der Waals surface area contributed by atoms with E-state index in [0.29, 0.717) is 5.78 Å². The van der Waals surface area contributed by atoms with Crippen molar-refractivity contribution in [2.24, 2.45) is 0 Å². The average Bonchev–Trinajstić information content (AvgIpc) is 2.92. The lowest BCUT2D eigenvalue weighted by Gasteiger charge is -2.38. The third-order valence-electron chi connectivity index (χ3n) is 8.84. The van der Waals surface area contributed by atoms with E-state index in [2.05, 4.69) is 111 Å². The molecule has 0 aliphatic heterocycles. The van der Waals surface area contributed by atoms with Gasteiger partial charge in [0.1, 0.15) is 0 Å². The molecule has 0 aromatic heterocycles. The molecule has 2 aliphatic rings. The molecule has 1 heteroatoms. The van der Waals surface area contributed by atoms with E-state index in [4.69, 9.17) is 0 Å². The van der Waals surface area contributed by atoms with Crippen LogP contribution in [0.15, 0.2) is 97.1 Å². The Morgan fingerprint density at radius 2 is 1.30 bits per heavy atom. The fraction of sp³-hybridized carbons (Fsp3) is 0.139. The quantitative estimate of drug-likeness (QED) is 0.233. The van der Waals surface area contributed by atoms with Gasteiger partial charge in [-0.2, -0.15) is 0 Å². The van der Waals surface area contributed by atoms with Crippen LogP contribution in [-0.4, -0.2) is 5.78 Å². The molecule has 0 radical (unpaired) electrons. The lowest BCUT2D eigenvalue weighted by Crippen LogP contribution is -2.31. The van der Waals surface area contributed by atoms with Crippen molar-refractivity contribution in [1.29, 1.82) is 0 Å². The zero-order valence-electron chi connectivity index (χ0n) is 21.0. The SMILES string of the molecule is Cc1cc(C)c2ccc3c4c2c1C(c1ccc2ccccc2c1)C(=O)C4c1cc2ccccc2cc1C3. The number of rotatable bonds is 1. The molecule has 176 valence electrons. The lowest BCUT2D eigenvalue weighted by molar-refractivity contribution is -0.120. The summed E-state index contributed by atoms with van der Waals surface area (Å²) in [6.45, 7) is 4.40. The zero-order valence-corrected chi connectivity index (χ0v) is 21.0. The summed E-state index contributed by atoms with van der Waals surface area (Å²) in [5, 5.41) is 7.44. The van der Waals surface area contributed by atoms with Crippen LogP contribution >= 0.6 is 0 Å². The third-order valence-corrected chi connectivity index (χ3v) is 8.84. The molecule has 2 atom stereocenters. The maximum Gasteiger partial charge on any atom is 0.156 e. The fourth-order valence-electron chi connectivity index (χ4n) is 7.23. The number of carbonyl (C=O) groups is 1. The van der Waals surface area contributed by atoms with Crippen LogP contribution in [0.2, 0.25) is 0 Å².